The van der Waals surface area contributed by atoms with Crippen LogP contribution in [0.25, 0.3) is 0 Å². The third kappa shape index (κ3) is 2.03. The average Bonchev–Trinajstić information content (AvgIpc) is 2.42. The summed E-state index contributed by atoms with van der Waals surface area (Å²) in [6.45, 7) is 1.41. The molecule has 1 atom stereocenters. The number of hydrogen-bond donors (Lipinski definition) is 1. The lowest BCUT2D eigenvalue weighted by Gasteiger charge is -1.90. The lowest BCUT2D eigenvalue weighted by molar-refractivity contribution is 0.243. The van der Waals surface area contributed by atoms with Gasteiger partial charge in [0.2, 0.25) is 0 Å². The molecule has 42 valence electrons. The van der Waals surface area contributed by atoms with E-state index in [0.717, 1.165) is 6.61 Å². The molecule has 1 unspecified atom stereocenters. The fourth-order valence-electron chi connectivity index (χ4n) is 0.348. The Kier molecular flexibility index (Phi) is 1.81. The lowest BCUT2D eigenvalue weighted by Crippen LogP contribution is -2.04. The van der Waals surface area contributed by atoms with E-state index in [4.69, 9.17) is 14.0 Å². The van der Waals surface area contributed by atoms with Crippen molar-refractivity contribution in [2.24, 2.45) is 0 Å². The first-order valence-corrected chi connectivity index (χ1v) is 3.44. The Balaban J connectivity index is 1.80. The second kappa shape index (κ2) is 2.42. The second-order valence-corrected chi connectivity index (χ2v) is 2.12. The average molecular weight is 120 g/mol. The van der Waals surface area contributed by atoms with E-state index in [-0.39, 0.29) is 0 Å². The van der Waals surface area contributed by atoms with Crippen molar-refractivity contribution in [3.05, 3.63) is 0 Å². The van der Waals surface area contributed by atoms with E-state index in [1.54, 1.807) is 0 Å². The van der Waals surface area contributed by atoms with Crippen molar-refractivity contribution < 1.29 is 14.0 Å². The molecule has 1 aliphatic rings. The monoisotopic (exact) mass is 120 g/mol. The molecule has 0 saturated carbocycles. The molecule has 3 nitrogen and oxygen atoms in total. The largest absolute Gasteiger partial charge is 0.415 e. The van der Waals surface area contributed by atoms with Gasteiger partial charge in [-0.2, -0.15) is 0 Å². The van der Waals surface area contributed by atoms with E-state index in [1.165, 1.54) is 0 Å². The first-order valence-electron chi connectivity index (χ1n) is 2.23. The van der Waals surface area contributed by atoms with Gasteiger partial charge in [-0.15, -0.1) is 0 Å². The van der Waals surface area contributed by atoms with E-state index >= 15 is 0 Å². The Morgan fingerprint density at radius 3 is 3.14 bits per heavy atom. The van der Waals surface area contributed by atoms with Crippen LogP contribution in [0.3, 0.4) is 0 Å². The van der Waals surface area contributed by atoms with Gasteiger partial charge in [-0.25, -0.2) is 0 Å². The molecule has 0 aromatic heterocycles. The normalized spacial score (nSPS) is 29.6. The predicted molar refractivity (Wildman–Crippen MR) is 26.5 cm³/mol. The summed E-state index contributed by atoms with van der Waals surface area (Å²) in [7, 11) is -1.17. The fourth-order valence-corrected chi connectivity index (χ4v) is 0.717. The van der Waals surface area contributed by atoms with E-state index in [1.807, 2.05) is 0 Å². The van der Waals surface area contributed by atoms with Gasteiger partial charge >= 0.3 is 10.0 Å². The highest BCUT2D eigenvalue weighted by molar-refractivity contribution is 6.15. The zero-order valence-corrected chi connectivity index (χ0v) is 5.38. The van der Waals surface area contributed by atoms with Crippen LogP contribution in [0.1, 0.15) is 0 Å². The van der Waals surface area contributed by atoms with Crippen molar-refractivity contribution in [1.82, 2.24) is 0 Å². The van der Waals surface area contributed by atoms with Gasteiger partial charge in [0.05, 0.1) is 13.2 Å². The minimum atomic E-state index is -1.17. The third-order valence-corrected chi connectivity index (χ3v) is 1.22. The molecule has 1 aliphatic heterocycles. The number of ether oxygens (including phenoxy) is 1. The van der Waals surface area contributed by atoms with Gasteiger partial charge in [0, 0.05) is 0 Å². The molecule has 7 heavy (non-hydrogen) atoms. The van der Waals surface area contributed by atoms with Crippen molar-refractivity contribution >= 4 is 10.0 Å². The number of hydrogen-bond acceptors (Lipinski definition) is 3. The molecule has 0 aromatic rings. The van der Waals surface area contributed by atoms with Gasteiger partial charge in [0.1, 0.15) is 6.10 Å². The smallest absolute Gasteiger partial charge is 0.301 e. The summed E-state index contributed by atoms with van der Waals surface area (Å²) in [5.41, 5.74) is 0. The maximum absolute atomic E-state index is 8.20. The third-order valence-electron chi connectivity index (χ3n) is 0.797. The van der Waals surface area contributed by atoms with Gasteiger partial charge in [0.25, 0.3) is 0 Å². The van der Waals surface area contributed by atoms with Crippen LogP contribution in [-0.2, 0) is 9.16 Å². The van der Waals surface area contributed by atoms with E-state index in [2.05, 4.69) is 0 Å². The Morgan fingerprint density at radius 2 is 2.71 bits per heavy atom. The highest BCUT2D eigenvalue weighted by atomic mass is 28.2. The van der Waals surface area contributed by atoms with E-state index in [9.17, 15) is 0 Å². The SMILES string of the molecule is O[SiH2]OCC1CO1. The van der Waals surface area contributed by atoms with Gasteiger partial charge in [-0.05, 0) is 0 Å². The van der Waals surface area contributed by atoms with Gasteiger partial charge < -0.3 is 14.0 Å². The summed E-state index contributed by atoms with van der Waals surface area (Å²) in [6, 6.07) is 0. The van der Waals surface area contributed by atoms with Crippen molar-refractivity contribution in [3.63, 3.8) is 0 Å². The summed E-state index contributed by atoms with van der Waals surface area (Å²) in [4.78, 5) is 8.20. The minimum absolute atomic E-state index is 0.305. The first kappa shape index (κ1) is 5.24. The quantitative estimate of drug-likeness (QED) is 0.360. The van der Waals surface area contributed by atoms with Crippen molar-refractivity contribution in [1.29, 1.82) is 0 Å². The molecule has 0 aromatic carbocycles. The molecule has 1 rings (SSSR count). The highest BCUT2D eigenvalue weighted by Crippen LogP contribution is 2.07. The molecule has 1 saturated heterocycles. The summed E-state index contributed by atoms with van der Waals surface area (Å²) in [5, 5.41) is 0. The van der Waals surface area contributed by atoms with Crippen molar-refractivity contribution in [2.45, 2.75) is 6.10 Å². The van der Waals surface area contributed by atoms with Gasteiger partial charge in [0.15, 0.2) is 0 Å². The molecule has 1 heterocycles. The fraction of sp³-hybridized carbons (Fsp3) is 1.00. The lowest BCUT2D eigenvalue weighted by atomic mass is 10.5. The van der Waals surface area contributed by atoms with E-state index < -0.39 is 10.0 Å². The molecule has 0 spiro atoms. The van der Waals surface area contributed by atoms with Crippen LogP contribution in [0.15, 0.2) is 0 Å². The summed E-state index contributed by atoms with van der Waals surface area (Å²) < 4.78 is 9.52. The van der Waals surface area contributed by atoms with Crippen molar-refractivity contribution in [2.75, 3.05) is 13.2 Å². The zero-order valence-electron chi connectivity index (χ0n) is 3.96. The van der Waals surface area contributed by atoms with Crippen LogP contribution in [0, 0.1) is 0 Å². The second-order valence-electron chi connectivity index (χ2n) is 1.46. The standard InChI is InChI=1S/C3H8O3Si/c4-7-6-2-3-1-5-3/h3-4H,1-2,7H2. The molecule has 0 radical (unpaired) electrons. The van der Waals surface area contributed by atoms with Crippen LogP contribution in [-0.4, -0.2) is 34.1 Å². The topological polar surface area (TPSA) is 42.0 Å². The molecule has 0 aliphatic carbocycles. The molecule has 4 heteroatoms. The molecule has 0 amide bonds. The predicted octanol–water partition coefficient (Wildman–Crippen LogP) is -1.61. The van der Waals surface area contributed by atoms with Crippen molar-refractivity contribution in [3.8, 4) is 0 Å². The summed E-state index contributed by atoms with van der Waals surface area (Å²) >= 11 is 0. The van der Waals surface area contributed by atoms with Crippen LogP contribution in [0.5, 0.6) is 0 Å². The summed E-state index contributed by atoms with van der Waals surface area (Å²) in [5.74, 6) is 0. The zero-order chi connectivity index (χ0) is 5.11. The van der Waals surface area contributed by atoms with Crippen LogP contribution >= 0.6 is 0 Å². The van der Waals surface area contributed by atoms with Gasteiger partial charge in [-0.1, -0.05) is 0 Å². The molecular weight excluding hydrogens is 112 g/mol. The molecule has 1 N–H and O–H groups in total. The Bertz CT molecular complexity index is 54.1. The first-order chi connectivity index (χ1) is 3.43. The Morgan fingerprint density at radius 1 is 2.00 bits per heavy atom. The molecular formula is C3H8O3Si. The highest BCUT2D eigenvalue weighted by Gasteiger charge is 2.21. The van der Waals surface area contributed by atoms with Crippen LogP contribution in [0.2, 0.25) is 0 Å². The number of epoxide rings is 1. The Labute approximate surface area is 44.3 Å². The summed E-state index contributed by atoms with van der Waals surface area (Å²) in [6.07, 6.45) is 0.305. The molecule has 0 bridgehead atoms. The number of rotatable bonds is 3. The van der Waals surface area contributed by atoms with Gasteiger partial charge in [-0.3, -0.25) is 0 Å². The maximum atomic E-state index is 8.20. The van der Waals surface area contributed by atoms with Crippen LogP contribution in [0.4, 0.5) is 0 Å². The maximum Gasteiger partial charge on any atom is 0.301 e. The molecule has 1 fully saturated rings. The van der Waals surface area contributed by atoms with Crippen LogP contribution < -0.4 is 0 Å². The Hall–Kier alpha value is 0.0969. The van der Waals surface area contributed by atoms with E-state index in [0.29, 0.717) is 12.7 Å². The minimum Gasteiger partial charge on any atom is -0.415 e.